The molecule has 0 radical (unpaired) electrons. The van der Waals surface area contributed by atoms with Gasteiger partial charge in [0, 0.05) is 6.54 Å². The van der Waals surface area contributed by atoms with Crippen LogP contribution in [0.15, 0.2) is 16.9 Å². The molecule has 0 saturated carbocycles. The molecule has 21 heavy (non-hydrogen) atoms. The molecule has 0 aliphatic rings. The number of nitrogens with one attached hydrogen (secondary N) is 2. The van der Waals surface area contributed by atoms with Gasteiger partial charge in [-0.05, 0) is 18.6 Å². The summed E-state index contributed by atoms with van der Waals surface area (Å²) in [7, 11) is 0. The van der Waals surface area contributed by atoms with Crippen LogP contribution in [0.3, 0.4) is 0 Å². The predicted molar refractivity (Wildman–Crippen MR) is 65.8 cm³/mol. The molecule has 0 spiro atoms. The summed E-state index contributed by atoms with van der Waals surface area (Å²) in [6.45, 7) is 1.44. The molecular formula is C12H13F3N2O4. The summed E-state index contributed by atoms with van der Waals surface area (Å²) >= 11 is 0. The standard InChI is InChI=1S/C12H13F3N2O4/c1-6(11(20)21)4-5-16-9(18)7-2-3-8(12(13,14)15)17-10(7)19/h2-3,6H,4-5H2,1H3,(H,16,18)(H,17,19)(H,20,21). The van der Waals surface area contributed by atoms with Crippen LogP contribution in [-0.4, -0.2) is 28.5 Å². The highest BCUT2D eigenvalue weighted by molar-refractivity contribution is 5.93. The highest BCUT2D eigenvalue weighted by Gasteiger charge is 2.32. The van der Waals surface area contributed by atoms with Gasteiger partial charge in [-0.2, -0.15) is 13.2 Å². The van der Waals surface area contributed by atoms with E-state index < -0.39 is 40.8 Å². The van der Waals surface area contributed by atoms with Gasteiger partial charge in [-0.15, -0.1) is 0 Å². The number of aromatic amines is 1. The Hall–Kier alpha value is -2.32. The molecule has 1 amide bonds. The lowest BCUT2D eigenvalue weighted by atomic mass is 10.1. The molecule has 0 aliphatic heterocycles. The van der Waals surface area contributed by atoms with E-state index in [1.807, 2.05) is 0 Å². The quantitative estimate of drug-likeness (QED) is 0.762. The zero-order valence-corrected chi connectivity index (χ0v) is 11.0. The van der Waals surface area contributed by atoms with E-state index in [1.165, 1.54) is 6.92 Å². The number of amides is 1. The minimum Gasteiger partial charge on any atom is -0.481 e. The van der Waals surface area contributed by atoms with Gasteiger partial charge in [0.25, 0.3) is 11.5 Å². The Labute approximate surface area is 117 Å². The second-order valence-electron chi connectivity index (χ2n) is 4.40. The van der Waals surface area contributed by atoms with E-state index in [2.05, 4.69) is 5.32 Å². The molecule has 1 aromatic rings. The fourth-order valence-electron chi connectivity index (χ4n) is 1.44. The van der Waals surface area contributed by atoms with Crippen LogP contribution in [0.2, 0.25) is 0 Å². The molecule has 0 fully saturated rings. The largest absolute Gasteiger partial charge is 0.481 e. The third-order valence-electron chi connectivity index (χ3n) is 2.74. The van der Waals surface area contributed by atoms with Crippen molar-refractivity contribution >= 4 is 11.9 Å². The number of alkyl halides is 3. The van der Waals surface area contributed by atoms with Crippen LogP contribution in [0, 0.1) is 5.92 Å². The summed E-state index contributed by atoms with van der Waals surface area (Å²) < 4.78 is 37.0. The number of rotatable bonds is 5. The Bertz CT molecular complexity index is 595. The van der Waals surface area contributed by atoms with Gasteiger partial charge in [0.1, 0.15) is 11.3 Å². The average molecular weight is 306 g/mol. The number of carboxylic acid groups (broad SMARTS) is 1. The molecule has 1 aromatic heterocycles. The van der Waals surface area contributed by atoms with Crippen molar-refractivity contribution in [2.45, 2.75) is 19.5 Å². The third kappa shape index (κ3) is 4.62. The second-order valence-corrected chi connectivity index (χ2v) is 4.40. The smallest absolute Gasteiger partial charge is 0.431 e. The van der Waals surface area contributed by atoms with Gasteiger partial charge in [0.2, 0.25) is 0 Å². The van der Waals surface area contributed by atoms with Gasteiger partial charge in [0.15, 0.2) is 0 Å². The predicted octanol–water partition coefficient (Wildman–Crippen LogP) is 1.23. The molecule has 3 N–H and O–H groups in total. The molecular weight excluding hydrogens is 293 g/mol. The molecule has 0 saturated heterocycles. The zero-order valence-electron chi connectivity index (χ0n) is 11.0. The molecule has 0 aromatic carbocycles. The fourth-order valence-corrected chi connectivity index (χ4v) is 1.44. The van der Waals surface area contributed by atoms with Gasteiger partial charge in [-0.1, -0.05) is 6.92 Å². The summed E-state index contributed by atoms with van der Waals surface area (Å²) in [5.41, 5.74) is -2.87. The highest BCUT2D eigenvalue weighted by Crippen LogP contribution is 2.26. The van der Waals surface area contributed by atoms with Crippen LogP contribution in [-0.2, 0) is 11.0 Å². The van der Waals surface area contributed by atoms with Crippen LogP contribution < -0.4 is 10.9 Å². The number of carbonyl (C=O) groups is 2. The molecule has 1 heterocycles. The maximum absolute atomic E-state index is 12.3. The van der Waals surface area contributed by atoms with Crippen LogP contribution >= 0.6 is 0 Å². The fraction of sp³-hybridized carbons (Fsp3) is 0.417. The molecule has 1 atom stereocenters. The third-order valence-corrected chi connectivity index (χ3v) is 2.74. The van der Waals surface area contributed by atoms with Crippen molar-refractivity contribution in [1.29, 1.82) is 0 Å². The Morgan fingerprint density at radius 3 is 2.48 bits per heavy atom. The number of carboxylic acids is 1. The lowest BCUT2D eigenvalue weighted by Gasteiger charge is -2.09. The second kappa shape index (κ2) is 6.42. The van der Waals surface area contributed by atoms with Gasteiger partial charge >= 0.3 is 12.1 Å². The molecule has 116 valence electrons. The summed E-state index contributed by atoms with van der Waals surface area (Å²) in [6.07, 6.45) is -4.56. The molecule has 1 rings (SSSR count). The van der Waals surface area contributed by atoms with Crippen molar-refractivity contribution in [3.63, 3.8) is 0 Å². The number of hydrogen-bond acceptors (Lipinski definition) is 3. The van der Waals surface area contributed by atoms with Crippen LogP contribution in [0.1, 0.15) is 29.4 Å². The number of carbonyl (C=O) groups excluding carboxylic acids is 1. The first-order chi connectivity index (χ1) is 9.62. The Morgan fingerprint density at radius 1 is 1.38 bits per heavy atom. The van der Waals surface area contributed by atoms with E-state index >= 15 is 0 Å². The Morgan fingerprint density at radius 2 is 2.00 bits per heavy atom. The summed E-state index contributed by atoms with van der Waals surface area (Å²) in [4.78, 5) is 35.2. The van der Waals surface area contributed by atoms with Crippen molar-refractivity contribution in [2.24, 2.45) is 5.92 Å². The minimum atomic E-state index is -4.70. The number of H-pyrrole nitrogens is 1. The maximum Gasteiger partial charge on any atom is 0.431 e. The van der Waals surface area contributed by atoms with E-state index in [-0.39, 0.29) is 13.0 Å². The first kappa shape index (κ1) is 16.7. The SMILES string of the molecule is CC(CCNC(=O)c1ccc(C(F)(F)F)[nH]c1=O)C(=O)O. The Balaban J connectivity index is 2.72. The van der Waals surface area contributed by atoms with Gasteiger partial charge in [-0.25, -0.2) is 0 Å². The molecule has 9 heteroatoms. The molecule has 1 unspecified atom stereocenters. The normalized spacial score (nSPS) is 12.8. The van der Waals surface area contributed by atoms with Crippen molar-refractivity contribution in [1.82, 2.24) is 10.3 Å². The van der Waals surface area contributed by atoms with Crippen LogP contribution in [0.5, 0.6) is 0 Å². The number of pyridine rings is 1. The van der Waals surface area contributed by atoms with Gasteiger partial charge < -0.3 is 15.4 Å². The number of hydrogen-bond donors (Lipinski definition) is 3. The average Bonchev–Trinajstić information content (AvgIpc) is 2.36. The molecule has 0 aliphatic carbocycles. The van der Waals surface area contributed by atoms with Crippen LogP contribution in [0.25, 0.3) is 0 Å². The van der Waals surface area contributed by atoms with E-state index in [9.17, 15) is 27.6 Å². The first-order valence-electron chi connectivity index (χ1n) is 5.94. The number of aliphatic carboxylic acids is 1. The summed E-state index contributed by atoms with van der Waals surface area (Å²) in [5.74, 6) is -2.57. The first-order valence-corrected chi connectivity index (χ1v) is 5.94. The minimum absolute atomic E-state index is 0.00718. The lowest BCUT2D eigenvalue weighted by molar-refractivity contribution is -0.142. The summed E-state index contributed by atoms with van der Waals surface area (Å²) in [6, 6.07) is 1.37. The summed E-state index contributed by atoms with van der Waals surface area (Å²) in [5, 5.41) is 10.9. The van der Waals surface area contributed by atoms with Gasteiger partial charge in [0.05, 0.1) is 5.92 Å². The van der Waals surface area contributed by atoms with Crippen molar-refractivity contribution in [3.8, 4) is 0 Å². The highest BCUT2D eigenvalue weighted by atomic mass is 19.4. The van der Waals surface area contributed by atoms with E-state index in [0.717, 1.165) is 6.07 Å². The van der Waals surface area contributed by atoms with E-state index in [4.69, 9.17) is 5.11 Å². The number of halogens is 3. The Kier molecular flexibility index (Phi) is 5.12. The topological polar surface area (TPSA) is 99.3 Å². The van der Waals surface area contributed by atoms with Crippen molar-refractivity contribution < 1.29 is 27.9 Å². The van der Waals surface area contributed by atoms with Crippen LogP contribution in [0.4, 0.5) is 13.2 Å². The van der Waals surface area contributed by atoms with E-state index in [0.29, 0.717) is 6.07 Å². The zero-order chi connectivity index (χ0) is 16.2. The maximum atomic E-state index is 12.3. The molecule has 6 nitrogen and oxygen atoms in total. The monoisotopic (exact) mass is 306 g/mol. The lowest BCUT2D eigenvalue weighted by Crippen LogP contribution is -2.32. The van der Waals surface area contributed by atoms with Crippen molar-refractivity contribution in [2.75, 3.05) is 6.54 Å². The van der Waals surface area contributed by atoms with Gasteiger partial charge in [-0.3, -0.25) is 14.4 Å². The van der Waals surface area contributed by atoms with Crippen molar-refractivity contribution in [3.05, 3.63) is 33.7 Å². The molecule has 0 bridgehead atoms. The van der Waals surface area contributed by atoms with E-state index in [1.54, 1.807) is 4.98 Å². The number of aromatic nitrogens is 1.